The Hall–Kier alpha value is -4.81. The number of hydrogen-bond donors (Lipinski definition) is 2. The number of aromatic nitrogens is 3. The summed E-state index contributed by atoms with van der Waals surface area (Å²) >= 11 is 3.41. The molecule has 258 valence electrons. The molecule has 5 heterocycles. The number of pyridine rings is 1. The van der Waals surface area contributed by atoms with Crippen LogP contribution in [-0.4, -0.2) is 76.2 Å². The summed E-state index contributed by atoms with van der Waals surface area (Å²) in [6.45, 7) is 10.0. The number of piperazine rings is 1. The minimum absolute atomic E-state index is 0.185. The lowest BCUT2D eigenvalue weighted by Gasteiger charge is -2.36. The largest absolute Gasteiger partial charge is 0.378 e. The third-order valence-electron chi connectivity index (χ3n) is 10.0. The van der Waals surface area contributed by atoms with Gasteiger partial charge in [-0.15, -0.1) is 0 Å². The number of aryl methyl sites for hydroxylation is 1. The van der Waals surface area contributed by atoms with Crippen LogP contribution in [0.3, 0.4) is 0 Å². The molecule has 0 aliphatic carbocycles. The Morgan fingerprint density at radius 3 is 2.56 bits per heavy atom. The number of fused-ring (bicyclic) bond motifs is 1. The number of rotatable bonds is 8. The third-order valence-corrected chi connectivity index (χ3v) is 10.8. The average Bonchev–Trinajstić information content (AvgIpc) is 3.11. The number of hydrogen-bond acceptors (Lipinski definition) is 9. The van der Waals surface area contributed by atoms with Gasteiger partial charge in [0.2, 0.25) is 11.8 Å². The Balaban J connectivity index is 0.923. The number of nitrogens with one attached hydrogen (secondary N) is 2. The number of allylic oxidation sites excluding steroid dienone is 1. The van der Waals surface area contributed by atoms with Gasteiger partial charge in [0.05, 0.1) is 23.3 Å². The molecule has 2 fully saturated rings. The summed E-state index contributed by atoms with van der Waals surface area (Å²) in [5, 5.41) is 11.0. The first-order valence-electron chi connectivity index (χ1n) is 17.0. The van der Waals surface area contributed by atoms with Crippen LogP contribution in [0.4, 0.5) is 11.4 Å². The fourth-order valence-corrected chi connectivity index (χ4v) is 7.60. The van der Waals surface area contributed by atoms with E-state index in [-0.39, 0.29) is 29.2 Å². The summed E-state index contributed by atoms with van der Waals surface area (Å²) in [5.41, 5.74) is 7.91. The topological polar surface area (TPSA) is 116 Å². The molecule has 4 aromatic rings. The second-order valence-corrected chi connectivity index (χ2v) is 14.3. The first-order valence-corrected chi connectivity index (χ1v) is 17.8. The Kier molecular flexibility index (Phi) is 9.56. The van der Waals surface area contributed by atoms with Crippen molar-refractivity contribution < 1.29 is 9.59 Å². The van der Waals surface area contributed by atoms with Gasteiger partial charge in [-0.1, -0.05) is 36.9 Å². The van der Waals surface area contributed by atoms with Crippen molar-refractivity contribution in [1.82, 2.24) is 29.9 Å². The number of carbonyl (C=O) groups excluding carboxylic acids is 2. The number of carbonyl (C=O) groups is 2. The van der Waals surface area contributed by atoms with Crippen molar-refractivity contribution in [3.8, 4) is 0 Å². The van der Waals surface area contributed by atoms with E-state index in [4.69, 9.17) is 0 Å². The van der Waals surface area contributed by atoms with Gasteiger partial charge in [-0.3, -0.25) is 29.6 Å². The van der Waals surface area contributed by atoms with E-state index < -0.39 is 0 Å². The highest BCUT2D eigenvalue weighted by Crippen LogP contribution is 2.33. The van der Waals surface area contributed by atoms with Crippen LogP contribution < -0.4 is 21.1 Å². The standard InChI is InChI=1S/C38H41BrN8O3/c1-24(29-17-30(23-44(2)22-29)42-34-20-41-45(3)38(50)36(34)39)26-6-4-25(5-7-26)21-46-12-14-47(15-13-46)31-9-8-27-16-28(19-40-33(27)18-31)32-10-11-35(48)43-37(32)49/h4-9,16,18-20,23,29,32,42H,1,10-15,17,21-22H2,2-3H3,(H,43,48,49). The van der Waals surface area contributed by atoms with Gasteiger partial charge in [-0.05, 0) is 69.2 Å². The summed E-state index contributed by atoms with van der Waals surface area (Å²) in [4.78, 5) is 48.0. The number of benzene rings is 2. The maximum absolute atomic E-state index is 12.3. The maximum atomic E-state index is 12.3. The summed E-state index contributed by atoms with van der Waals surface area (Å²) in [5.74, 6) is -0.553. The number of amides is 2. The van der Waals surface area contributed by atoms with E-state index in [9.17, 15) is 14.4 Å². The molecular weight excluding hydrogens is 696 g/mol. The van der Waals surface area contributed by atoms with E-state index in [1.165, 1.54) is 10.2 Å². The summed E-state index contributed by atoms with van der Waals surface area (Å²) in [7, 11) is 3.69. The third kappa shape index (κ3) is 7.22. The summed E-state index contributed by atoms with van der Waals surface area (Å²) in [6, 6.07) is 17.2. The van der Waals surface area contributed by atoms with Crippen molar-refractivity contribution in [2.75, 3.05) is 50.0 Å². The van der Waals surface area contributed by atoms with E-state index >= 15 is 0 Å². The SMILES string of the molecule is C=C(c1ccc(CN2CCN(c3ccc4cc(C5CCC(=O)NC5=O)cnc4c3)CC2)cc1)C1CC(Nc2cnn(C)c(=O)c2Br)=CN(C)C1. The number of imide groups is 1. The lowest BCUT2D eigenvalue weighted by Crippen LogP contribution is -2.45. The fourth-order valence-electron chi connectivity index (χ4n) is 7.14. The smallest absolute Gasteiger partial charge is 0.282 e. The molecule has 12 heteroatoms. The highest BCUT2D eigenvalue weighted by atomic mass is 79.9. The van der Waals surface area contributed by atoms with Gasteiger partial charge in [-0.25, -0.2) is 4.68 Å². The molecule has 2 aromatic carbocycles. The minimum Gasteiger partial charge on any atom is -0.378 e. The van der Waals surface area contributed by atoms with Crippen molar-refractivity contribution in [3.05, 3.63) is 111 Å². The van der Waals surface area contributed by atoms with Crippen molar-refractivity contribution in [2.24, 2.45) is 13.0 Å². The Morgan fingerprint density at radius 1 is 1.02 bits per heavy atom. The van der Waals surface area contributed by atoms with Gasteiger partial charge >= 0.3 is 0 Å². The van der Waals surface area contributed by atoms with Crippen LogP contribution in [0.25, 0.3) is 16.5 Å². The quantitative estimate of drug-likeness (QED) is 0.245. The van der Waals surface area contributed by atoms with Gasteiger partial charge in [0.15, 0.2) is 0 Å². The molecule has 0 bridgehead atoms. The second-order valence-electron chi connectivity index (χ2n) is 13.6. The normalized spacial score (nSPS) is 20.1. The zero-order chi connectivity index (χ0) is 34.9. The molecule has 0 spiro atoms. The van der Waals surface area contributed by atoms with Gasteiger partial charge in [-0.2, -0.15) is 5.10 Å². The average molecular weight is 738 g/mol. The number of nitrogens with zero attached hydrogens (tertiary/aromatic N) is 6. The first-order chi connectivity index (χ1) is 24.1. The molecule has 2 unspecified atom stereocenters. The number of halogens is 1. The molecule has 0 saturated carbocycles. The molecule has 3 aliphatic rings. The maximum Gasteiger partial charge on any atom is 0.282 e. The molecular formula is C38H41BrN8O3. The summed E-state index contributed by atoms with van der Waals surface area (Å²) < 4.78 is 1.77. The van der Waals surface area contributed by atoms with E-state index in [0.717, 1.165) is 84.7 Å². The molecule has 2 amide bonds. The molecule has 2 N–H and O–H groups in total. The van der Waals surface area contributed by atoms with Gasteiger partial charge in [0.25, 0.3) is 5.56 Å². The van der Waals surface area contributed by atoms with Crippen LogP contribution in [0.15, 0.2) is 88.7 Å². The second kappa shape index (κ2) is 14.2. The van der Waals surface area contributed by atoms with Crippen LogP contribution in [0.2, 0.25) is 0 Å². The Labute approximate surface area is 299 Å². The predicted octanol–water partition coefficient (Wildman–Crippen LogP) is 4.85. The van der Waals surface area contributed by atoms with Crippen LogP contribution in [0, 0.1) is 5.92 Å². The molecule has 3 aliphatic heterocycles. The van der Waals surface area contributed by atoms with E-state index in [1.54, 1.807) is 19.4 Å². The minimum atomic E-state index is -0.333. The van der Waals surface area contributed by atoms with Crippen LogP contribution in [-0.2, 0) is 23.2 Å². The van der Waals surface area contributed by atoms with Crippen molar-refractivity contribution in [1.29, 1.82) is 0 Å². The van der Waals surface area contributed by atoms with Crippen LogP contribution in [0.5, 0.6) is 0 Å². The summed E-state index contributed by atoms with van der Waals surface area (Å²) in [6.07, 6.45) is 7.18. The van der Waals surface area contributed by atoms with E-state index in [1.807, 2.05) is 6.07 Å². The van der Waals surface area contributed by atoms with Gasteiger partial charge in [0.1, 0.15) is 4.47 Å². The fraction of sp³-hybridized carbons (Fsp3) is 0.342. The predicted molar refractivity (Wildman–Crippen MR) is 199 cm³/mol. The molecule has 2 aromatic heterocycles. The van der Waals surface area contributed by atoms with E-state index in [2.05, 4.69) is 114 Å². The highest BCUT2D eigenvalue weighted by molar-refractivity contribution is 9.10. The highest BCUT2D eigenvalue weighted by Gasteiger charge is 2.28. The van der Waals surface area contributed by atoms with E-state index in [0.29, 0.717) is 23.0 Å². The Morgan fingerprint density at radius 2 is 1.80 bits per heavy atom. The van der Waals surface area contributed by atoms with Crippen molar-refractivity contribution >= 4 is 55.6 Å². The molecule has 2 saturated heterocycles. The van der Waals surface area contributed by atoms with Crippen molar-refractivity contribution in [2.45, 2.75) is 31.7 Å². The number of piperidine rings is 1. The van der Waals surface area contributed by atoms with Gasteiger partial charge in [0, 0.05) is 94.9 Å². The molecule has 50 heavy (non-hydrogen) atoms. The molecule has 7 rings (SSSR count). The lowest BCUT2D eigenvalue weighted by molar-refractivity contribution is -0.134. The molecule has 0 radical (unpaired) electrons. The lowest BCUT2D eigenvalue weighted by atomic mass is 9.87. The Bertz CT molecular complexity index is 2050. The molecule has 2 atom stereocenters. The zero-order valence-electron chi connectivity index (χ0n) is 28.4. The van der Waals surface area contributed by atoms with Crippen LogP contribution >= 0.6 is 15.9 Å². The molecule has 11 nitrogen and oxygen atoms in total. The monoisotopic (exact) mass is 736 g/mol. The van der Waals surface area contributed by atoms with Gasteiger partial charge < -0.3 is 15.1 Å². The number of anilines is 2. The first kappa shape index (κ1) is 33.7. The van der Waals surface area contributed by atoms with Crippen molar-refractivity contribution in [3.63, 3.8) is 0 Å². The zero-order valence-corrected chi connectivity index (χ0v) is 29.9. The van der Waals surface area contributed by atoms with Crippen LogP contribution in [0.1, 0.15) is 41.9 Å².